The zero-order valence-corrected chi connectivity index (χ0v) is 16.8. The zero-order valence-electron chi connectivity index (χ0n) is 16.8. The lowest BCUT2D eigenvalue weighted by Gasteiger charge is -2.56. The summed E-state index contributed by atoms with van der Waals surface area (Å²) in [6.07, 6.45) is 10.0. The quantitative estimate of drug-likeness (QED) is 0.787. The van der Waals surface area contributed by atoms with Gasteiger partial charge in [-0.2, -0.15) is 0 Å². The summed E-state index contributed by atoms with van der Waals surface area (Å²) in [6.45, 7) is 3.30. The van der Waals surface area contributed by atoms with E-state index in [0.29, 0.717) is 11.9 Å². The monoisotopic (exact) mass is 366 g/mol. The molecule has 3 nitrogen and oxygen atoms in total. The van der Waals surface area contributed by atoms with Gasteiger partial charge in [0, 0.05) is 32.7 Å². The minimum absolute atomic E-state index is 0.0148. The lowest BCUT2D eigenvalue weighted by Crippen LogP contribution is -2.55. The highest BCUT2D eigenvalue weighted by Crippen LogP contribution is 2.60. The number of likely N-dealkylation sites (tertiary alicyclic amines) is 1. The number of benzene rings is 1. The fourth-order valence-electron chi connectivity index (χ4n) is 7.18. The number of amides is 1. The van der Waals surface area contributed by atoms with E-state index in [1.54, 1.807) is 0 Å². The van der Waals surface area contributed by atoms with E-state index in [9.17, 15) is 4.79 Å². The van der Waals surface area contributed by atoms with Crippen LogP contribution in [0.1, 0.15) is 50.5 Å². The van der Waals surface area contributed by atoms with E-state index in [-0.39, 0.29) is 5.41 Å². The summed E-state index contributed by atoms with van der Waals surface area (Å²) in [6, 6.07) is 11.2. The van der Waals surface area contributed by atoms with Gasteiger partial charge in [-0.25, -0.2) is 0 Å². The van der Waals surface area contributed by atoms with Crippen LogP contribution in [0, 0.1) is 23.2 Å². The number of hydrogen-bond donors (Lipinski definition) is 0. The Bertz CT molecular complexity index is 650. The summed E-state index contributed by atoms with van der Waals surface area (Å²) in [5.41, 5.74) is 1.43. The van der Waals surface area contributed by atoms with Crippen LogP contribution >= 0.6 is 0 Å². The highest BCUT2D eigenvalue weighted by molar-refractivity contribution is 5.83. The molecule has 5 aliphatic rings. The maximum Gasteiger partial charge on any atom is 0.228 e. The molecule has 1 aliphatic heterocycles. The molecule has 1 amide bonds. The molecule has 4 bridgehead atoms. The third kappa shape index (κ3) is 3.33. The lowest BCUT2D eigenvalue weighted by molar-refractivity contribution is -0.158. The highest BCUT2D eigenvalue weighted by atomic mass is 16.2. The first-order valence-electron chi connectivity index (χ1n) is 11.1. The Hall–Kier alpha value is -1.35. The summed E-state index contributed by atoms with van der Waals surface area (Å²) in [7, 11) is 2.10. The smallest absolute Gasteiger partial charge is 0.228 e. The fraction of sp³-hybridized carbons (Fsp3) is 0.708. The van der Waals surface area contributed by atoms with Crippen molar-refractivity contribution >= 4 is 5.91 Å². The largest absolute Gasteiger partial charge is 0.341 e. The second-order valence-corrected chi connectivity index (χ2v) is 10.1. The van der Waals surface area contributed by atoms with Crippen molar-refractivity contribution in [1.29, 1.82) is 0 Å². The molecular weight excluding hydrogens is 332 g/mol. The third-order valence-electron chi connectivity index (χ3n) is 8.17. The van der Waals surface area contributed by atoms with Gasteiger partial charge >= 0.3 is 0 Å². The van der Waals surface area contributed by atoms with Crippen LogP contribution in [0.5, 0.6) is 0 Å². The van der Waals surface area contributed by atoms with Crippen LogP contribution in [0.4, 0.5) is 0 Å². The third-order valence-corrected chi connectivity index (χ3v) is 8.17. The molecule has 6 rings (SSSR count). The first-order chi connectivity index (χ1) is 13.1. The normalized spacial score (nSPS) is 37.7. The van der Waals surface area contributed by atoms with E-state index >= 15 is 0 Å². The Kier molecular flexibility index (Phi) is 4.54. The van der Waals surface area contributed by atoms with E-state index in [2.05, 4.69) is 47.2 Å². The fourth-order valence-corrected chi connectivity index (χ4v) is 7.18. The van der Waals surface area contributed by atoms with Gasteiger partial charge in [0.05, 0.1) is 5.41 Å². The summed E-state index contributed by atoms with van der Waals surface area (Å²) in [4.78, 5) is 18.3. The second kappa shape index (κ2) is 6.92. The standard InChI is InChI=1S/C24H34N2O/c1-25(22-8-10-26(17-22)9-7-18-5-3-2-4-6-18)23(27)24-14-19-11-20(15-24)13-21(12-19)16-24/h2-6,19-22H,7-17H2,1H3/t19?,20?,21?,22-,24?/m0/s1. The summed E-state index contributed by atoms with van der Waals surface area (Å²) in [5, 5.41) is 0. The molecular formula is C24H34N2O. The molecule has 1 aromatic rings. The average molecular weight is 367 g/mol. The van der Waals surface area contributed by atoms with Gasteiger partial charge in [-0.05, 0) is 74.7 Å². The molecule has 0 spiro atoms. The number of nitrogens with zero attached hydrogens (tertiary/aromatic N) is 2. The van der Waals surface area contributed by atoms with E-state index < -0.39 is 0 Å². The van der Waals surface area contributed by atoms with Crippen molar-refractivity contribution in [3.63, 3.8) is 0 Å². The van der Waals surface area contributed by atoms with Crippen molar-refractivity contribution in [1.82, 2.24) is 9.80 Å². The molecule has 5 fully saturated rings. The van der Waals surface area contributed by atoms with Gasteiger partial charge in [-0.15, -0.1) is 0 Å². The second-order valence-electron chi connectivity index (χ2n) is 10.1. The molecule has 0 unspecified atom stereocenters. The van der Waals surface area contributed by atoms with Gasteiger partial charge < -0.3 is 9.80 Å². The highest BCUT2D eigenvalue weighted by Gasteiger charge is 2.55. The molecule has 4 aliphatic carbocycles. The van der Waals surface area contributed by atoms with E-state index in [1.807, 2.05) is 0 Å². The average Bonchev–Trinajstić information content (AvgIpc) is 3.14. The Morgan fingerprint density at radius 2 is 1.70 bits per heavy atom. The van der Waals surface area contributed by atoms with Crippen LogP contribution < -0.4 is 0 Å². The number of rotatable bonds is 5. The van der Waals surface area contributed by atoms with Crippen molar-refractivity contribution in [3.8, 4) is 0 Å². The van der Waals surface area contributed by atoms with Crippen molar-refractivity contribution in [3.05, 3.63) is 35.9 Å². The first kappa shape index (κ1) is 17.7. The van der Waals surface area contributed by atoms with Crippen LogP contribution in [-0.4, -0.2) is 48.4 Å². The molecule has 0 radical (unpaired) electrons. The Morgan fingerprint density at radius 1 is 1.07 bits per heavy atom. The van der Waals surface area contributed by atoms with Crippen molar-refractivity contribution < 1.29 is 4.79 Å². The van der Waals surface area contributed by atoms with Crippen LogP contribution in [0.15, 0.2) is 30.3 Å². The Balaban J connectivity index is 1.19. The molecule has 1 heterocycles. The summed E-state index contributed by atoms with van der Waals surface area (Å²) in [5.74, 6) is 3.04. The summed E-state index contributed by atoms with van der Waals surface area (Å²) < 4.78 is 0. The Labute approximate surface area is 164 Å². The summed E-state index contributed by atoms with van der Waals surface area (Å²) >= 11 is 0. The van der Waals surface area contributed by atoms with Gasteiger partial charge in [-0.3, -0.25) is 4.79 Å². The lowest BCUT2D eigenvalue weighted by atomic mass is 9.49. The first-order valence-corrected chi connectivity index (χ1v) is 11.1. The molecule has 0 N–H and O–H groups in total. The van der Waals surface area contributed by atoms with Crippen LogP contribution in [-0.2, 0) is 11.2 Å². The topological polar surface area (TPSA) is 23.6 Å². The maximum atomic E-state index is 13.6. The minimum atomic E-state index is 0.0148. The van der Waals surface area contributed by atoms with Crippen LogP contribution in [0.2, 0.25) is 0 Å². The van der Waals surface area contributed by atoms with Crippen LogP contribution in [0.3, 0.4) is 0 Å². The van der Waals surface area contributed by atoms with Gasteiger partial charge in [0.2, 0.25) is 5.91 Å². The van der Waals surface area contributed by atoms with Gasteiger partial charge in [0.25, 0.3) is 0 Å². The molecule has 0 aromatic heterocycles. The molecule has 146 valence electrons. The molecule has 1 saturated heterocycles. The van der Waals surface area contributed by atoms with Crippen molar-refractivity contribution in [2.45, 2.75) is 57.4 Å². The number of likely N-dealkylation sites (N-methyl/N-ethyl adjacent to an activating group) is 1. The maximum absolute atomic E-state index is 13.6. The Morgan fingerprint density at radius 3 is 2.33 bits per heavy atom. The zero-order chi connectivity index (χ0) is 18.4. The van der Waals surface area contributed by atoms with Crippen molar-refractivity contribution in [2.24, 2.45) is 23.2 Å². The molecule has 4 saturated carbocycles. The van der Waals surface area contributed by atoms with Crippen molar-refractivity contribution in [2.75, 3.05) is 26.7 Å². The van der Waals surface area contributed by atoms with Gasteiger partial charge in [-0.1, -0.05) is 30.3 Å². The van der Waals surface area contributed by atoms with E-state index in [1.165, 1.54) is 44.1 Å². The number of carbonyl (C=O) groups is 1. The van der Waals surface area contributed by atoms with Gasteiger partial charge in [0.1, 0.15) is 0 Å². The number of hydrogen-bond acceptors (Lipinski definition) is 2. The number of carbonyl (C=O) groups excluding carboxylic acids is 1. The molecule has 27 heavy (non-hydrogen) atoms. The van der Waals surface area contributed by atoms with Gasteiger partial charge in [0.15, 0.2) is 0 Å². The van der Waals surface area contributed by atoms with Crippen LogP contribution in [0.25, 0.3) is 0 Å². The van der Waals surface area contributed by atoms with E-state index in [0.717, 1.165) is 50.2 Å². The predicted octanol–water partition coefficient (Wildman–Crippen LogP) is 3.98. The predicted molar refractivity (Wildman–Crippen MR) is 108 cm³/mol. The molecule has 1 atom stereocenters. The SMILES string of the molecule is CN(C(=O)C12CC3CC(CC(C3)C1)C2)[C@H]1CCN(CCc2ccccc2)C1. The molecule has 1 aromatic carbocycles. The molecule has 3 heteroatoms. The van der Waals surface area contributed by atoms with E-state index in [4.69, 9.17) is 0 Å². The minimum Gasteiger partial charge on any atom is -0.341 e.